The summed E-state index contributed by atoms with van der Waals surface area (Å²) in [6.45, 7) is 6.11. The number of nitrogens with zero attached hydrogens (tertiary/aromatic N) is 3. The van der Waals surface area contributed by atoms with E-state index in [1.54, 1.807) is 0 Å². The predicted octanol–water partition coefficient (Wildman–Crippen LogP) is 2.89. The fourth-order valence-electron chi connectivity index (χ4n) is 3.60. The Kier molecular flexibility index (Phi) is 3.31. The lowest BCUT2D eigenvalue weighted by molar-refractivity contribution is 0.134. The maximum atomic E-state index is 5.54. The number of ether oxygens (including phenoxy) is 1. The minimum atomic E-state index is 0.158. The van der Waals surface area contributed by atoms with E-state index in [0.29, 0.717) is 0 Å². The van der Waals surface area contributed by atoms with Crippen molar-refractivity contribution in [1.82, 2.24) is 14.5 Å². The fourth-order valence-corrected chi connectivity index (χ4v) is 3.60. The SMILES string of the molecule is CN1CCC(C)(c2nccn2-c2ccc3c(c2)COC3)CC1. The topological polar surface area (TPSA) is 30.3 Å². The summed E-state index contributed by atoms with van der Waals surface area (Å²) >= 11 is 0. The van der Waals surface area contributed by atoms with Gasteiger partial charge in [0.25, 0.3) is 0 Å². The zero-order chi connectivity index (χ0) is 15.2. The average molecular weight is 297 g/mol. The molecule has 0 atom stereocenters. The molecule has 0 N–H and O–H groups in total. The van der Waals surface area contributed by atoms with Gasteiger partial charge in [-0.3, -0.25) is 0 Å². The first kappa shape index (κ1) is 14.0. The summed E-state index contributed by atoms with van der Waals surface area (Å²) in [6, 6.07) is 6.64. The summed E-state index contributed by atoms with van der Waals surface area (Å²) in [4.78, 5) is 7.12. The highest BCUT2D eigenvalue weighted by Crippen LogP contribution is 2.35. The monoisotopic (exact) mass is 297 g/mol. The van der Waals surface area contributed by atoms with Gasteiger partial charge in [-0.25, -0.2) is 4.98 Å². The molecule has 0 saturated carbocycles. The summed E-state index contributed by atoms with van der Waals surface area (Å²) in [5.74, 6) is 1.19. The van der Waals surface area contributed by atoms with Gasteiger partial charge in [-0.2, -0.15) is 0 Å². The molecule has 1 aromatic heterocycles. The molecular formula is C18H23N3O. The van der Waals surface area contributed by atoms with Crippen LogP contribution in [0.2, 0.25) is 0 Å². The van der Waals surface area contributed by atoms with Crippen molar-refractivity contribution in [2.24, 2.45) is 0 Å². The van der Waals surface area contributed by atoms with Crippen molar-refractivity contribution in [3.05, 3.63) is 47.5 Å². The van der Waals surface area contributed by atoms with Crippen molar-refractivity contribution in [1.29, 1.82) is 0 Å². The van der Waals surface area contributed by atoms with Crippen LogP contribution in [0.3, 0.4) is 0 Å². The van der Waals surface area contributed by atoms with Crippen LogP contribution in [-0.2, 0) is 23.4 Å². The molecule has 2 aliphatic rings. The van der Waals surface area contributed by atoms with Gasteiger partial charge < -0.3 is 14.2 Å². The van der Waals surface area contributed by atoms with Crippen molar-refractivity contribution in [2.45, 2.75) is 38.4 Å². The molecule has 3 heterocycles. The molecule has 4 nitrogen and oxygen atoms in total. The summed E-state index contributed by atoms with van der Waals surface area (Å²) in [5.41, 5.74) is 3.99. The van der Waals surface area contributed by atoms with Crippen molar-refractivity contribution >= 4 is 0 Å². The second-order valence-electron chi connectivity index (χ2n) is 6.93. The summed E-state index contributed by atoms with van der Waals surface area (Å²) in [7, 11) is 2.20. The Bertz CT molecular complexity index is 683. The van der Waals surface area contributed by atoms with Crippen LogP contribution in [0.1, 0.15) is 36.7 Å². The molecule has 0 aliphatic carbocycles. The number of aromatic nitrogens is 2. The minimum Gasteiger partial charge on any atom is -0.372 e. The van der Waals surface area contributed by atoms with E-state index in [0.717, 1.165) is 39.1 Å². The number of benzene rings is 1. The van der Waals surface area contributed by atoms with Crippen LogP contribution in [0.5, 0.6) is 0 Å². The van der Waals surface area contributed by atoms with Gasteiger partial charge in [0.05, 0.1) is 13.2 Å². The Morgan fingerprint density at radius 3 is 2.73 bits per heavy atom. The van der Waals surface area contributed by atoms with E-state index < -0.39 is 0 Å². The molecule has 0 spiro atoms. The standard InChI is InChI=1S/C18H23N3O/c1-18(5-8-20(2)9-6-18)17-19-7-10-21(17)16-4-3-14-12-22-13-15(14)11-16/h3-4,7,10-11H,5-6,8-9,12-13H2,1-2H3. The van der Waals surface area contributed by atoms with Crippen LogP contribution in [-0.4, -0.2) is 34.6 Å². The molecule has 4 heteroatoms. The molecule has 0 bridgehead atoms. The second kappa shape index (κ2) is 5.21. The van der Waals surface area contributed by atoms with Crippen LogP contribution in [0.25, 0.3) is 5.69 Å². The van der Waals surface area contributed by atoms with Crippen LogP contribution in [0, 0.1) is 0 Å². The van der Waals surface area contributed by atoms with Crippen LogP contribution in [0.4, 0.5) is 0 Å². The lowest BCUT2D eigenvalue weighted by Crippen LogP contribution is -2.40. The van der Waals surface area contributed by atoms with Gasteiger partial charge in [0.1, 0.15) is 5.82 Å². The van der Waals surface area contributed by atoms with Crippen LogP contribution < -0.4 is 0 Å². The van der Waals surface area contributed by atoms with Crippen molar-refractivity contribution in [3.63, 3.8) is 0 Å². The van der Waals surface area contributed by atoms with Gasteiger partial charge in [-0.05, 0) is 56.2 Å². The first-order valence-corrected chi connectivity index (χ1v) is 8.08. The highest BCUT2D eigenvalue weighted by molar-refractivity contribution is 5.43. The third kappa shape index (κ3) is 2.27. The number of piperidine rings is 1. The second-order valence-corrected chi connectivity index (χ2v) is 6.93. The number of likely N-dealkylation sites (tertiary alicyclic amines) is 1. The lowest BCUT2D eigenvalue weighted by Gasteiger charge is -2.37. The third-order valence-electron chi connectivity index (χ3n) is 5.25. The highest BCUT2D eigenvalue weighted by atomic mass is 16.5. The molecular weight excluding hydrogens is 274 g/mol. The van der Waals surface area contributed by atoms with Gasteiger partial charge in [0.15, 0.2) is 0 Å². The molecule has 22 heavy (non-hydrogen) atoms. The number of fused-ring (bicyclic) bond motifs is 1. The highest BCUT2D eigenvalue weighted by Gasteiger charge is 2.34. The fraction of sp³-hybridized carbons (Fsp3) is 0.500. The van der Waals surface area contributed by atoms with E-state index in [-0.39, 0.29) is 5.41 Å². The van der Waals surface area contributed by atoms with Gasteiger partial charge >= 0.3 is 0 Å². The largest absolute Gasteiger partial charge is 0.372 e. The minimum absolute atomic E-state index is 0.158. The van der Waals surface area contributed by atoms with Crippen molar-refractivity contribution < 1.29 is 4.74 Å². The maximum Gasteiger partial charge on any atom is 0.119 e. The van der Waals surface area contributed by atoms with E-state index in [4.69, 9.17) is 9.72 Å². The Morgan fingerprint density at radius 2 is 1.91 bits per heavy atom. The predicted molar refractivity (Wildman–Crippen MR) is 86.1 cm³/mol. The van der Waals surface area contributed by atoms with E-state index in [1.165, 1.54) is 22.6 Å². The molecule has 1 saturated heterocycles. The van der Waals surface area contributed by atoms with Crippen molar-refractivity contribution in [2.75, 3.05) is 20.1 Å². The molecule has 0 unspecified atom stereocenters. The molecule has 0 radical (unpaired) electrons. The molecule has 4 rings (SSSR count). The normalized spacial score (nSPS) is 21.0. The van der Waals surface area contributed by atoms with Gasteiger partial charge in [-0.15, -0.1) is 0 Å². The lowest BCUT2D eigenvalue weighted by atomic mass is 9.79. The number of imidazole rings is 1. The smallest absolute Gasteiger partial charge is 0.119 e. The molecule has 1 aromatic carbocycles. The summed E-state index contributed by atoms with van der Waals surface area (Å²) in [6.07, 6.45) is 6.35. The quantitative estimate of drug-likeness (QED) is 0.854. The molecule has 2 aromatic rings. The maximum absolute atomic E-state index is 5.54. The summed E-state index contributed by atoms with van der Waals surface area (Å²) in [5, 5.41) is 0. The van der Waals surface area contributed by atoms with Crippen LogP contribution >= 0.6 is 0 Å². The van der Waals surface area contributed by atoms with Gasteiger partial charge in [-0.1, -0.05) is 13.0 Å². The van der Waals surface area contributed by atoms with Gasteiger partial charge in [0, 0.05) is 23.5 Å². The van der Waals surface area contributed by atoms with Crippen molar-refractivity contribution in [3.8, 4) is 5.69 Å². The third-order valence-corrected chi connectivity index (χ3v) is 5.25. The van der Waals surface area contributed by atoms with E-state index in [1.807, 2.05) is 6.20 Å². The Balaban J connectivity index is 1.71. The Morgan fingerprint density at radius 1 is 1.14 bits per heavy atom. The molecule has 0 amide bonds. The molecule has 116 valence electrons. The first-order valence-electron chi connectivity index (χ1n) is 8.08. The number of rotatable bonds is 2. The van der Waals surface area contributed by atoms with E-state index in [9.17, 15) is 0 Å². The molecule has 2 aliphatic heterocycles. The number of hydrogen-bond acceptors (Lipinski definition) is 3. The number of hydrogen-bond donors (Lipinski definition) is 0. The molecule has 1 fully saturated rings. The van der Waals surface area contributed by atoms with E-state index in [2.05, 4.69) is 47.8 Å². The van der Waals surface area contributed by atoms with E-state index >= 15 is 0 Å². The zero-order valence-electron chi connectivity index (χ0n) is 13.4. The Labute approximate surface area is 131 Å². The zero-order valence-corrected chi connectivity index (χ0v) is 13.4. The first-order chi connectivity index (χ1) is 10.7. The average Bonchev–Trinajstić information content (AvgIpc) is 3.18. The summed E-state index contributed by atoms with van der Waals surface area (Å²) < 4.78 is 7.80. The Hall–Kier alpha value is -1.65. The van der Waals surface area contributed by atoms with Gasteiger partial charge in [0.2, 0.25) is 0 Å². The van der Waals surface area contributed by atoms with Crippen LogP contribution in [0.15, 0.2) is 30.6 Å².